The zero-order chi connectivity index (χ0) is 13.0. The molecule has 0 saturated carbocycles. The number of hydrogen-bond donors (Lipinski definition) is 1. The van der Waals surface area contributed by atoms with Crippen molar-refractivity contribution in [2.24, 2.45) is 0 Å². The monoisotopic (exact) mass is 326 g/mol. The van der Waals surface area contributed by atoms with E-state index in [4.69, 9.17) is 0 Å². The molecule has 0 amide bonds. The summed E-state index contributed by atoms with van der Waals surface area (Å²) in [6, 6.07) is 14.3. The standard InChI is InChI=1S/C14H12BrFOS/c15-10-6-7-13(16)12(8-10)14(17)9-18-11-4-2-1-3-5-11/h1-8,14,17H,9H2. The van der Waals surface area contributed by atoms with Crippen LogP contribution in [0.25, 0.3) is 0 Å². The minimum atomic E-state index is -0.812. The summed E-state index contributed by atoms with van der Waals surface area (Å²) < 4.78 is 14.3. The SMILES string of the molecule is OC(CSc1ccccc1)c1cc(Br)ccc1F. The first-order valence-corrected chi connectivity index (χ1v) is 7.25. The fourth-order valence-corrected chi connectivity index (χ4v) is 2.81. The average molecular weight is 327 g/mol. The van der Waals surface area contributed by atoms with E-state index >= 15 is 0 Å². The van der Waals surface area contributed by atoms with E-state index in [1.807, 2.05) is 30.3 Å². The van der Waals surface area contributed by atoms with Gasteiger partial charge in [0.15, 0.2) is 0 Å². The molecule has 0 fully saturated rings. The highest BCUT2D eigenvalue weighted by atomic mass is 79.9. The second-order valence-electron chi connectivity index (χ2n) is 3.81. The highest BCUT2D eigenvalue weighted by Crippen LogP contribution is 2.27. The Kier molecular flexibility index (Phi) is 4.80. The second-order valence-corrected chi connectivity index (χ2v) is 5.81. The molecular formula is C14H12BrFOS. The van der Waals surface area contributed by atoms with Crippen molar-refractivity contribution in [3.05, 3.63) is 64.4 Å². The van der Waals surface area contributed by atoms with Crippen LogP contribution in [0, 0.1) is 5.82 Å². The lowest BCUT2D eigenvalue weighted by molar-refractivity contribution is 0.199. The maximum absolute atomic E-state index is 13.6. The number of halogens is 2. The van der Waals surface area contributed by atoms with Crippen LogP contribution in [0.15, 0.2) is 57.9 Å². The van der Waals surface area contributed by atoms with E-state index < -0.39 is 6.10 Å². The van der Waals surface area contributed by atoms with Gasteiger partial charge in [0, 0.05) is 20.7 Å². The van der Waals surface area contributed by atoms with Gasteiger partial charge in [-0.1, -0.05) is 34.1 Å². The first-order valence-electron chi connectivity index (χ1n) is 5.47. The summed E-state index contributed by atoms with van der Waals surface area (Å²) in [7, 11) is 0. The van der Waals surface area contributed by atoms with Crippen LogP contribution in [0.2, 0.25) is 0 Å². The van der Waals surface area contributed by atoms with Gasteiger partial charge in [-0.25, -0.2) is 4.39 Å². The predicted molar refractivity (Wildman–Crippen MR) is 76.2 cm³/mol. The van der Waals surface area contributed by atoms with Gasteiger partial charge in [-0.3, -0.25) is 0 Å². The highest BCUT2D eigenvalue weighted by Gasteiger charge is 2.13. The van der Waals surface area contributed by atoms with Crippen LogP contribution < -0.4 is 0 Å². The topological polar surface area (TPSA) is 20.2 Å². The van der Waals surface area contributed by atoms with E-state index in [0.717, 1.165) is 9.37 Å². The van der Waals surface area contributed by atoms with Crippen molar-refractivity contribution in [2.45, 2.75) is 11.0 Å². The maximum Gasteiger partial charge on any atom is 0.129 e. The van der Waals surface area contributed by atoms with Crippen LogP contribution in [0.5, 0.6) is 0 Å². The minimum Gasteiger partial charge on any atom is -0.387 e. The number of benzene rings is 2. The molecule has 0 aliphatic rings. The van der Waals surface area contributed by atoms with Crippen molar-refractivity contribution >= 4 is 27.7 Å². The molecule has 1 atom stereocenters. The van der Waals surface area contributed by atoms with Crippen LogP contribution in [0.4, 0.5) is 4.39 Å². The molecule has 0 radical (unpaired) electrons. The molecule has 94 valence electrons. The smallest absolute Gasteiger partial charge is 0.129 e. The third-order valence-electron chi connectivity index (χ3n) is 2.47. The van der Waals surface area contributed by atoms with Gasteiger partial charge in [0.2, 0.25) is 0 Å². The van der Waals surface area contributed by atoms with Crippen LogP contribution in [0.1, 0.15) is 11.7 Å². The average Bonchev–Trinajstić information content (AvgIpc) is 2.40. The van der Waals surface area contributed by atoms with Crippen molar-refractivity contribution in [1.29, 1.82) is 0 Å². The van der Waals surface area contributed by atoms with Gasteiger partial charge in [-0.2, -0.15) is 0 Å². The molecule has 0 bridgehead atoms. The molecule has 2 aromatic carbocycles. The van der Waals surface area contributed by atoms with Crippen LogP contribution in [-0.2, 0) is 0 Å². The molecule has 18 heavy (non-hydrogen) atoms. The fraction of sp³-hybridized carbons (Fsp3) is 0.143. The minimum absolute atomic E-state index is 0.327. The van der Waals surface area contributed by atoms with Gasteiger partial charge < -0.3 is 5.11 Å². The quantitative estimate of drug-likeness (QED) is 0.839. The Hall–Kier alpha value is -0.840. The Morgan fingerprint density at radius 1 is 1.17 bits per heavy atom. The molecule has 1 N–H and O–H groups in total. The Balaban J connectivity index is 2.03. The number of aliphatic hydroxyl groups excluding tert-OH is 1. The molecule has 0 aromatic heterocycles. The summed E-state index contributed by atoms with van der Waals surface area (Å²) in [5, 5.41) is 10.0. The van der Waals surface area contributed by atoms with Crippen molar-refractivity contribution in [2.75, 3.05) is 5.75 Å². The van der Waals surface area contributed by atoms with Crippen molar-refractivity contribution < 1.29 is 9.50 Å². The van der Waals surface area contributed by atoms with E-state index in [2.05, 4.69) is 15.9 Å². The van der Waals surface area contributed by atoms with E-state index in [0.29, 0.717) is 11.3 Å². The van der Waals surface area contributed by atoms with E-state index in [9.17, 15) is 9.50 Å². The maximum atomic E-state index is 13.6. The molecule has 0 saturated heterocycles. The van der Waals surface area contributed by atoms with Gasteiger partial charge in [0.25, 0.3) is 0 Å². The van der Waals surface area contributed by atoms with Gasteiger partial charge in [-0.15, -0.1) is 11.8 Å². The summed E-state index contributed by atoms with van der Waals surface area (Å²) in [5.41, 5.74) is 0.327. The molecule has 4 heteroatoms. The Bertz CT molecular complexity index is 518. The Morgan fingerprint density at radius 3 is 2.61 bits per heavy atom. The molecule has 0 aliphatic carbocycles. The van der Waals surface area contributed by atoms with Crippen LogP contribution >= 0.6 is 27.7 Å². The Labute approximate surface area is 118 Å². The first kappa shape index (κ1) is 13.6. The van der Waals surface area contributed by atoms with Crippen molar-refractivity contribution in [1.82, 2.24) is 0 Å². The summed E-state index contributed by atoms with van der Waals surface area (Å²) in [5.74, 6) is 0.0524. The molecule has 0 aliphatic heterocycles. The fourth-order valence-electron chi connectivity index (χ4n) is 1.55. The number of thioether (sulfide) groups is 1. The summed E-state index contributed by atoms with van der Waals surface area (Å²) in [4.78, 5) is 1.06. The lowest BCUT2D eigenvalue weighted by atomic mass is 10.1. The summed E-state index contributed by atoms with van der Waals surface area (Å²) in [6.07, 6.45) is -0.812. The van der Waals surface area contributed by atoms with E-state index in [1.54, 1.807) is 12.1 Å². The molecule has 1 nitrogen and oxygen atoms in total. The first-order chi connectivity index (χ1) is 8.66. The van der Waals surface area contributed by atoms with Crippen LogP contribution in [-0.4, -0.2) is 10.9 Å². The molecule has 0 spiro atoms. The van der Waals surface area contributed by atoms with Gasteiger partial charge in [-0.05, 0) is 30.3 Å². The molecule has 2 aromatic rings. The third-order valence-corrected chi connectivity index (χ3v) is 4.05. The van der Waals surface area contributed by atoms with Crippen molar-refractivity contribution in [3.8, 4) is 0 Å². The zero-order valence-electron chi connectivity index (χ0n) is 9.51. The largest absolute Gasteiger partial charge is 0.387 e. The zero-order valence-corrected chi connectivity index (χ0v) is 11.9. The third kappa shape index (κ3) is 3.57. The second kappa shape index (κ2) is 6.36. The molecular weight excluding hydrogens is 315 g/mol. The molecule has 0 heterocycles. The van der Waals surface area contributed by atoms with Gasteiger partial charge in [0.05, 0.1) is 6.10 Å². The number of aliphatic hydroxyl groups is 1. The number of rotatable bonds is 4. The summed E-state index contributed by atoms with van der Waals surface area (Å²) in [6.45, 7) is 0. The molecule has 2 rings (SSSR count). The predicted octanol–water partition coefficient (Wildman–Crippen LogP) is 4.41. The lowest BCUT2D eigenvalue weighted by Gasteiger charge is -2.12. The number of hydrogen-bond acceptors (Lipinski definition) is 2. The molecule has 1 unspecified atom stereocenters. The Morgan fingerprint density at radius 2 is 1.89 bits per heavy atom. The lowest BCUT2D eigenvalue weighted by Crippen LogP contribution is -2.03. The van der Waals surface area contributed by atoms with E-state index in [1.165, 1.54) is 17.8 Å². The van der Waals surface area contributed by atoms with Gasteiger partial charge in [0.1, 0.15) is 5.82 Å². The highest BCUT2D eigenvalue weighted by molar-refractivity contribution is 9.10. The van der Waals surface area contributed by atoms with Gasteiger partial charge >= 0.3 is 0 Å². The van der Waals surface area contributed by atoms with Crippen LogP contribution in [0.3, 0.4) is 0 Å². The van der Waals surface area contributed by atoms with Crippen molar-refractivity contribution in [3.63, 3.8) is 0 Å². The summed E-state index contributed by atoms with van der Waals surface area (Å²) >= 11 is 4.78. The van der Waals surface area contributed by atoms with E-state index in [-0.39, 0.29) is 5.82 Å². The normalized spacial score (nSPS) is 12.4.